The molecule has 2 aromatic carbocycles. The summed E-state index contributed by atoms with van der Waals surface area (Å²) in [6.07, 6.45) is 2.47. The Morgan fingerprint density at radius 3 is 2.48 bits per heavy atom. The van der Waals surface area contributed by atoms with Crippen molar-refractivity contribution in [1.82, 2.24) is 4.90 Å². The number of nitrogens with zero attached hydrogens (tertiary/aromatic N) is 1. The van der Waals surface area contributed by atoms with Crippen molar-refractivity contribution in [2.75, 3.05) is 13.7 Å². The van der Waals surface area contributed by atoms with Crippen LogP contribution < -0.4 is 4.74 Å². The number of methoxy groups -OCH3 is 1. The van der Waals surface area contributed by atoms with Crippen LogP contribution in [0.2, 0.25) is 5.02 Å². The molecule has 0 aliphatic carbocycles. The summed E-state index contributed by atoms with van der Waals surface area (Å²) in [6.45, 7) is 2.14. The largest absolute Gasteiger partial charge is 0.497 e. The number of benzene rings is 2. The number of halogens is 1. The molecule has 0 aromatic heterocycles. The van der Waals surface area contributed by atoms with Crippen molar-refractivity contribution in [3.05, 3.63) is 64.7 Å². The summed E-state index contributed by atoms with van der Waals surface area (Å²) in [7, 11) is 1.70. The van der Waals surface area contributed by atoms with Crippen molar-refractivity contribution >= 4 is 11.6 Å². The third-order valence-electron chi connectivity index (χ3n) is 4.16. The third kappa shape index (κ3) is 3.39. The van der Waals surface area contributed by atoms with E-state index in [1.807, 2.05) is 24.3 Å². The quantitative estimate of drug-likeness (QED) is 0.812. The van der Waals surface area contributed by atoms with Gasteiger partial charge in [-0.2, -0.15) is 0 Å². The monoisotopic (exact) mass is 301 g/mol. The Balaban J connectivity index is 1.72. The van der Waals surface area contributed by atoms with Gasteiger partial charge in [0, 0.05) is 17.6 Å². The second kappa shape index (κ2) is 6.50. The molecule has 0 amide bonds. The van der Waals surface area contributed by atoms with Gasteiger partial charge >= 0.3 is 0 Å². The zero-order chi connectivity index (χ0) is 14.7. The Kier molecular flexibility index (Phi) is 4.47. The third-order valence-corrected chi connectivity index (χ3v) is 4.42. The fourth-order valence-electron chi connectivity index (χ4n) is 3.04. The molecule has 0 bridgehead atoms. The van der Waals surface area contributed by atoms with Crippen LogP contribution in [0.4, 0.5) is 0 Å². The lowest BCUT2D eigenvalue weighted by molar-refractivity contribution is 0.248. The summed E-state index contributed by atoms with van der Waals surface area (Å²) in [5, 5.41) is 0.804. The first kappa shape index (κ1) is 14.4. The minimum atomic E-state index is 0.504. The van der Waals surface area contributed by atoms with Gasteiger partial charge in [-0.05, 0) is 54.8 Å². The summed E-state index contributed by atoms with van der Waals surface area (Å²) < 4.78 is 5.21. The molecule has 0 spiro atoms. The van der Waals surface area contributed by atoms with Gasteiger partial charge in [-0.3, -0.25) is 4.90 Å². The summed E-state index contributed by atoms with van der Waals surface area (Å²) in [5.41, 5.74) is 2.70. The molecule has 1 saturated heterocycles. The van der Waals surface area contributed by atoms with Crippen molar-refractivity contribution in [1.29, 1.82) is 0 Å². The molecule has 0 unspecified atom stereocenters. The van der Waals surface area contributed by atoms with Crippen molar-refractivity contribution in [2.45, 2.75) is 25.4 Å². The van der Waals surface area contributed by atoms with Gasteiger partial charge in [0.2, 0.25) is 0 Å². The molecule has 1 fully saturated rings. The molecule has 0 N–H and O–H groups in total. The lowest BCUT2D eigenvalue weighted by atomic mass is 10.0. The summed E-state index contributed by atoms with van der Waals surface area (Å²) >= 11 is 5.99. The van der Waals surface area contributed by atoms with Gasteiger partial charge < -0.3 is 4.74 Å². The predicted octanol–water partition coefficient (Wildman–Crippen LogP) is 4.69. The smallest absolute Gasteiger partial charge is 0.118 e. The van der Waals surface area contributed by atoms with Gasteiger partial charge in [-0.15, -0.1) is 0 Å². The Morgan fingerprint density at radius 1 is 1.10 bits per heavy atom. The molecule has 2 aromatic rings. The molecule has 1 aliphatic rings. The van der Waals surface area contributed by atoms with E-state index in [0.717, 1.165) is 23.9 Å². The molecule has 1 aliphatic heterocycles. The molecule has 21 heavy (non-hydrogen) atoms. The van der Waals surface area contributed by atoms with Crippen LogP contribution in [0.1, 0.15) is 30.0 Å². The van der Waals surface area contributed by atoms with Crippen LogP contribution in [0.5, 0.6) is 5.75 Å². The number of hydrogen-bond donors (Lipinski definition) is 0. The molecule has 1 heterocycles. The van der Waals surface area contributed by atoms with Crippen LogP contribution in [0, 0.1) is 0 Å². The van der Waals surface area contributed by atoms with Gasteiger partial charge in [0.25, 0.3) is 0 Å². The Hall–Kier alpha value is -1.51. The molecule has 0 saturated carbocycles. The second-order valence-corrected chi connectivity index (χ2v) is 5.96. The highest BCUT2D eigenvalue weighted by atomic mass is 35.5. The minimum Gasteiger partial charge on any atom is -0.497 e. The standard InChI is InChI=1S/C18H20ClNO/c1-21-17-10-4-14(5-11-17)13-20-12-2-3-18(20)15-6-8-16(19)9-7-15/h4-11,18H,2-3,12-13H2,1H3/t18-/m0/s1. The highest BCUT2D eigenvalue weighted by Crippen LogP contribution is 2.33. The van der Waals surface area contributed by atoms with Crippen LogP contribution in [0.15, 0.2) is 48.5 Å². The topological polar surface area (TPSA) is 12.5 Å². The van der Waals surface area contributed by atoms with E-state index < -0.39 is 0 Å². The summed E-state index contributed by atoms with van der Waals surface area (Å²) in [6, 6.07) is 17.1. The molecule has 1 atom stereocenters. The maximum Gasteiger partial charge on any atom is 0.118 e. The Morgan fingerprint density at radius 2 is 1.81 bits per heavy atom. The van der Waals surface area contributed by atoms with Crippen molar-refractivity contribution in [3.63, 3.8) is 0 Å². The Labute approximate surface area is 131 Å². The highest BCUT2D eigenvalue weighted by Gasteiger charge is 2.25. The van der Waals surface area contributed by atoms with E-state index in [2.05, 4.69) is 29.2 Å². The number of hydrogen-bond acceptors (Lipinski definition) is 2. The van der Waals surface area contributed by atoms with Crippen molar-refractivity contribution < 1.29 is 4.74 Å². The Bertz CT molecular complexity index is 579. The van der Waals surface area contributed by atoms with Gasteiger partial charge in [0.1, 0.15) is 5.75 Å². The van der Waals surface area contributed by atoms with Gasteiger partial charge in [0.15, 0.2) is 0 Å². The minimum absolute atomic E-state index is 0.504. The van der Waals surface area contributed by atoms with E-state index in [0.29, 0.717) is 6.04 Å². The van der Waals surface area contributed by atoms with Gasteiger partial charge in [0.05, 0.1) is 7.11 Å². The predicted molar refractivity (Wildman–Crippen MR) is 86.8 cm³/mol. The molecule has 110 valence electrons. The van der Waals surface area contributed by atoms with Crippen LogP contribution >= 0.6 is 11.6 Å². The highest BCUT2D eigenvalue weighted by molar-refractivity contribution is 6.30. The van der Waals surface area contributed by atoms with E-state index in [1.54, 1.807) is 7.11 Å². The molecule has 3 rings (SSSR count). The fraction of sp³-hybridized carbons (Fsp3) is 0.333. The SMILES string of the molecule is COc1ccc(CN2CCC[C@H]2c2ccc(Cl)cc2)cc1. The molecule has 3 heteroatoms. The second-order valence-electron chi connectivity index (χ2n) is 5.53. The first-order valence-electron chi connectivity index (χ1n) is 7.39. The summed E-state index contributed by atoms with van der Waals surface area (Å²) in [5.74, 6) is 0.912. The van der Waals surface area contributed by atoms with Crippen LogP contribution in [0.3, 0.4) is 0 Å². The average molecular weight is 302 g/mol. The maximum absolute atomic E-state index is 5.99. The zero-order valence-corrected chi connectivity index (χ0v) is 13.0. The number of rotatable bonds is 4. The van der Waals surface area contributed by atoms with Gasteiger partial charge in [-0.1, -0.05) is 35.9 Å². The van der Waals surface area contributed by atoms with Gasteiger partial charge in [-0.25, -0.2) is 0 Å². The average Bonchev–Trinajstić information content (AvgIpc) is 2.97. The first-order chi connectivity index (χ1) is 10.3. The summed E-state index contributed by atoms with van der Waals surface area (Å²) in [4.78, 5) is 2.55. The van der Waals surface area contributed by atoms with Crippen molar-refractivity contribution in [2.24, 2.45) is 0 Å². The van der Waals surface area contributed by atoms with E-state index in [-0.39, 0.29) is 0 Å². The lowest BCUT2D eigenvalue weighted by Gasteiger charge is -2.25. The fourth-order valence-corrected chi connectivity index (χ4v) is 3.17. The van der Waals surface area contributed by atoms with E-state index in [9.17, 15) is 0 Å². The molecular weight excluding hydrogens is 282 g/mol. The van der Waals surface area contributed by atoms with E-state index >= 15 is 0 Å². The number of likely N-dealkylation sites (tertiary alicyclic amines) is 1. The maximum atomic E-state index is 5.99. The molecular formula is C18H20ClNO. The van der Waals surface area contributed by atoms with Crippen LogP contribution in [-0.2, 0) is 6.54 Å². The lowest BCUT2D eigenvalue weighted by Crippen LogP contribution is -2.22. The zero-order valence-electron chi connectivity index (χ0n) is 12.3. The van der Waals surface area contributed by atoms with Crippen LogP contribution in [0.25, 0.3) is 0 Å². The van der Waals surface area contributed by atoms with E-state index in [1.165, 1.54) is 24.0 Å². The first-order valence-corrected chi connectivity index (χ1v) is 7.76. The number of ether oxygens (including phenoxy) is 1. The normalized spacial score (nSPS) is 18.9. The van der Waals surface area contributed by atoms with Crippen LogP contribution in [-0.4, -0.2) is 18.6 Å². The van der Waals surface area contributed by atoms with E-state index in [4.69, 9.17) is 16.3 Å². The molecule has 2 nitrogen and oxygen atoms in total. The molecule has 0 radical (unpaired) electrons. The van der Waals surface area contributed by atoms with Crippen molar-refractivity contribution in [3.8, 4) is 5.75 Å².